The highest BCUT2D eigenvalue weighted by molar-refractivity contribution is 6.29. The molecule has 1 aromatic carbocycles. The molecule has 1 aromatic heterocycles. The molecule has 0 spiro atoms. The first kappa shape index (κ1) is 14.9. The third-order valence-electron chi connectivity index (χ3n) is 3.13. The average Bonchev–Trinajstić information content (AvgIpc) is 2.73. The highest BCUT2D eigenvalue weighted by Crippen LogP contribution is 2.15. The van der Waals surface area contributed by atoms with Crippen LogP contribution in [0.2, 0.25) is 5.15 Å². The number of nitrogens with zero attached hydrogens (tertiary/aromatic N) is 3. The zero-order valence-electron chi connectivity index (χ0n) is 12.1. The molecule has 108 valence electrons. The van der Waals surface area contributed by atoms with Gasteiger partial charge in [0.05, 0.1) is 19.3 Å². The van der Waals surface area contributed by atoms with Crippen LogP contribution in [0.4, 0.5) is 0 Å². The van der Waals surface area contributed by atoms with Crippen LogP contribution in [0.5, 0.6) is 5.75 Å². The van der Waals surface area contributed by atoms with Crippen LogP contribution in [-0.4, -0.2) is 28.1 Å². The van der Waals surface area contributed by atoms with Crippen molar-refractivity contribution in [2.75, 3.05) is 13.7 Å². The van der Waals surface area contributed by atoms with Crippen molar-refractivity contribution in [2.24, 2.45) is 7.05 Å². The largest absolute Gasteiger partial charge is 0.494 e. The van der Waals surface area contributed by atoms with Crippen LogP contribution in [-0.2, 0) is 20.1 Å². The summed E-state index contributed by atoms with van der Waals surface area (Å²) in [5.74, 6) is 1.87. The Morgan fingerprint density at radius 2 is 1.95 bits per heavy atom. The Morgan fingerprint density at radius 3 is 2.50 bits per heavy atom. The Kier molecular flexibility index (Phi) is 5.04. The van der Waals surface area contributed by atoms with Gasteiger partial charge in [0, 0.05) is 13.6 Å². The van der Waals surface area contributed by atoms with Crippen LogP contribution in [0.3, 0.4) is 0 Å². The molecule has 0 bridgehead atoms. The van der Waals surface area contributed by atoms with Gasteiger partial charge in [0.2, 0.25) is 0 Å². The van der Waals surface area contributed by atoms with Crippen LogP contribution in [0, 0.1) is 0 Å². The van der Waals surface area contributed by atoms with E-state index in [0.717, 1.165) is 24.7 Å². The Balaban J connectivity index is 1.94. The number of hydrogen-bond acceptors (Lipinski definition) is 3. The lowest BCUT2D eigenvalue weighted by molar-refractivity contribution is 0.306. The molecule has 0 aliphatic rings. The minimum absolute atomic E-state index is 0.662. The van der Waals surface area contributed by atoms with E-state index in [2.05, 4.69) is 29.1 Å². The predicted octanol–water partition coefficient (Wildman–Crippen LogP) is 3.10. The summed E-state index contributed by atoms with van der Waals surface area (Å²) in [4.78, 5) is 6.51. The van der Waals surface area contributed by atoms with Crippen molar-refractivity contribution in [3.05, 3.63) is 47.0 Å². The van der Waals surface area contributed by atoms with Crippen molar-refractivity contribution in [1.82, 2.24) is 14.5 Å². The Labute approximate surface area is 124 Å². The summed E-state index contributed by atoms with van der Waals surface area (Å²) in [6, 6.07) is 8.19. The number of aromatic nitrogens is 2. The highest BCUT2D eigenvalue weighted by Gasteiger charge is 2.08. The molecule has 1 heterocycles. The van der Waals surface area contributed by atoms with E-state index >= 15 is 0 Å². The maximum Gasteiger partial charge on any atom is 0.128 e. The van der Waals surface area contributed by atoms with E-state index in [1.54, 1.807) is 6.20 Å². The summed E-state index contributed by atoms with van der Waals surface area (Å²) in [5.41, 5.74) is 1.25. The van der Waals surface area contributed by atoms with Crippen molar-refractivity contribution in [2.45, 2.75) is 20.0 Å². The van der Waals surface area contributed by atoms with Crippen LogP contribution in [0.1, 0.15) is 18.3 Å². The number of benzene rings is 1. The van der Waals surface area contributed by atoms with Crippen molar-refractivity contribution in [1.29, 1.82) is 0 Å². The molecule has 0 atom stereocenters. The fourth-order valence-corrected chi connectivity index (χ4v) is 2.18. The van der Waals surface area contributed by atoms with Crippen LogP contribution >= 0.6 is 11.6 Å². The number of halogens is 1. The maximum atomic E-state index is 5.99. The Hall–Kier alpha value is -1.52. The second-order valence-electron chi connectivity index (χ2n) is 4.81. The summed E-state index contributed by atoms with van der Waals surface area (Å²) in [6.07, 6.45) is 1.68. The van der Waals surface area contributed by atoms with Gasteiger partial charge in [-0.15, -0.1) is 0 Å². The molecular formula is C15H20ClN3O. The number of rotatable bonds is 6. The SMILES string of the molecule is CCOc1ccc(CN(C)Cc2ncc(Cl)n2C)cc1. The van der Waals surface area contributed by atoms with Crippen LogP contribution in [0.25, 0.3) is 0 Å². The van der Waals surface area contributed by atoms with Crippen LogP contribution < -0.4 is 4.74 Å². The summed E-state index contributed by atoms with van der Waals surface area (Å²) < 4.78 is 7.34. The molecule has 0 fully saturated rings. The fraction of sp³-hybridized carbons (Fsp3) is 0.400. The molecule has 20 heavy (non-hydrogen) atoms. The Bertz CT molecular complexity index is 551. The van der Waals surface area contributed by atoms with Gasteiger partial charge < -0.3 is 9.30 Å². The van der Waals surface area contributed by atoms with Gasteiger partial charge in [-0.05, 0) is 31.7 Å². The first-order valence-electron chi connectivity index (χ1n) is 6.66. The molecule has 0 unspecified atom stereocenters. The predicted molar refractivity (Wildman–Crippen MR) is 81.0 cm³/mol. The third-order valence-corrected chi connectivity index (χ3v) is 3.48. The quantitative estimate of drug-likeness (QED) is 0.820. The van der Waals surface area contributed by atoms with E-state index < -0.39 is 0 Å². The molecule has 0 saturated carbocycles. The van der Waals surface area contributed by atoms with Crippen molar-refractivity contribution in [3.8, 4) is 5.75 Å². The van der Waals surface area contributed by atoms with Crippen molar-refractivity contribution < 1.29 is 4.74 Å². The van der Waals surface area contributed by atoms with Crippen LogP contribution in [0.15, 0.2) is 30.5 Å². The van der Waals surface area contributed by atoms with E-state index in [1.165, 1.54) is 5.56 Å². The number of ether oxygens (including phenoxy) is 1. The highest BCUT2D eigenvalue weighted by atomic mass is 35.5. The topological polar surface area (TPSA) is 30.3 Å². The number of hydrogen-bond donors (Lipinski definition) is 0. The second-order valence-corrected chi connectivity index (χ2v) is 5.19. The van der Waals surface area contributed by atoms with Gasteiger partial charge in [-0.25, -0.2) is 4.98 Å². The summed E-state index contributed by atoms with van der Waals surface area (Å²) >= 11 is 5.99. The van der Waals surface area contributed by atoms with Crippen molar-refractivity contribution in [3.63, 3.8) is 0 Å². The van der Waals surface area contributed by atoms with E-state index in [1.807, 2.05) is 30.7 Å². The molecule has 0 radical (unpaired) electrons. The van der Waals surface area contributed by atoms with Gasteiger partial charge in [-0.1, -0.05) is 23.7 Å². The Morgan fingerprint density at radius 1 is 1.25 bits per heavy atom. The van der Waals surface area contributed by atoms with Gasteiger partial charge in [0.1, 0.15) is 16.7 Å². The van der Waals surface area contributed by atoms with Crippen molar-refractivity contribution >= 4 is 11.6 Å². The molecule has 4 nitrogen and oxygen atoms in total. The standard InChI is InChI=1S/C15H20ClN3O/c1-4-20-13-7-5-12(6-8-13)10-18(2)11-15-17-9-14(16)19(15)3/h5-9H,4,10-11H2,1-3H3. The lowest BCUT2D eigenvalue weighted by Gasteiger charge is -2.16. The van der Waals surface area contributed by atoms with Gasteiger partial charge in [0.15, 0.2) is 0 Å². The molecule has 0 saturated heterocycles. The normalized spacial score (nSPS) is 11.1. The van der Waals surface area contributed by atoms with Gasteiger partial charge in [0.25, 0.3) is 0 Å². The first-order chi connectivity index (χ1) is 9.60. The van der Waals surface area contributed by atoms with Gasteiger partial charge >= 0.3 is 0 Å². The molecule has 0 amide bonds. The smallest absolute Gasteiger partial charge is 0.128 e. The van der Waals surface area contributed by atoms with E-state index in [4.69, 9.17) is 16.3 Å². The first-order valence-corrected chi connectivity index (χ1v) is 7.04. The fourth-order valence-electron chi connectivity index (χ4n) is 2.04. The molecule has 5 heteroatoms. The summed E-state index contributed by atoms with van der Waals surface area (Å²) in [5, 5.41) is 0.662. The average molecular weight is 294 g/mol. The molecule has 0 aliphatic heterocycles. The molecular weight excluding hydrogens is 274 g/mol. The molecule has 0 aliphatic carbocycles. The molecule has 2 rings (SSSR count). The zero-order valence-corrected chi connectivity index (χ0v) is 12.9. The summed E-state index contributed by atoms with van der Waals surface area (Å²) in [6.45, 7) is 4.30. The molecule has 2 aromatic rings. The minimum atomic E-state index is 0.662. The van der Waals surface area contributed by atoms with E-state index in [0.29, 0.717) is 11.8 Å². The van der Waals surface area contributed by atoms with E-state index in [-0.39, 0.29) is 0 Å². The third kappa shape index (κ3) is 3.74. The molecule has 0 N–H and O–H groups in total. The maximum absolute atomic E-state index is 5.99. The zero-order chi connectivity index (χ0) is 14.5. The summed E-state index contributed by atoms with van der Waals surface area (Å²) in [7, 11) is 3.99. The lowest BCUT2D eigenvalue weighted by Crippen LogP contribution is -2.19. The van der Waals surface area contributed by atoms with Gasteiger partial charge in [-0.2, -0.15) is 0 Å². The monoisotopic (exact) mass is 293 g/mol. The number of imidazole rings is 1. The van der Waals surface area contributed by atoms with Gasteiger partial charge in [-0.3, -0.25) is 4.90 Å². The van der Waals surface area contributed by atoms with E-state index in [9.17, 15) is 0 Å². The second kappa shape index (κ2) is 6.77. The minimum Gasteiger partial charge on any atom is -0.494 e. The lowest BCUT2D eigenvalue weighted by atomic mass is 10.2.